The summed E-state index contributed by atoms with van der Waals surface area (Å²) in [5.74, 6) is 0.571. The van der Waals surface area contributed by atoms with Gasteiger partial charge in [-0.25, -0.2) is 0 Å². The molecule has 31 heavy (non-hydrogen) atoms. The van der Waals surface area contributed by atoms with Crippen LogP contribution in [0.4, 0.5) is 11.4 Å². The summed E-state index contributed by atoms with van der Waals surface area (Å²) in [5, 5.41) is 0. The summed E-state index contributed by atoms with van der Waals surface area (Å²) in [6.07, 6.45) is 2.03. The second kappa shape index (κ2) is 9.07. The summed E-state index contributed by atoms with van der Waals surface area (Å²) in [5.41, 5.74) is 2.48. The Morgan fingerprint density at radius 2 is 1.58 bits per heavy atom. The number of piperazine rings is 1. The highest BCUT2D eigenvalue weighted by atomic mass is 16.7. The molecular formula is C25H33N3O3. The van der Waals surface area contributed by atoms with Crippen molar-refractivity contribution in [2.24, 2.45) is 0 Å². The minimum absolute atomic E-state index is 0.168. The van der Waals surface area contributed by atoms with E-state index in [0.717, 1.165) is 64.4 Å². The summed E-state index contributed by atoms with van der Waals surface area (Å²) < 4.78 is 18.3. The molecule has 2 aromatic carbocycles. The number of hydrogen-bond acceptors (Lipinski definition) is 6. The topological polar surface area (TPSA) is 37.4 Å². The smallest absolute Gasteiger partial charge is 0.172 e. The zero-order valence-corrected chi connectivity index (χ0v) is 18.4. The van der Waals surface area contributed by atoms with E-state index in [0.29, 0.717) is 6.61 Å². The maximum Gasteiger partial charge on any atom is 0.172 e. The van der Waals surface area contributed by atoms with Crippen LogP contribution >= 0.6 is 0 Å². The molecule has 0 amide bonds. The maximum absolute atomic E-state index is 6.50. The normalized spacial score (nSPS) is 24.0. The van der Waals surface area contributed by atoms with Crippen molar-refractivity contribution in [2.45, 2.75) is 24.7 Å². The second-order valence-corrected chi connectivity index (χ2v) is 8.74. The number of anilines is 2. The van der Waals surface area contributed by atoms with Crippen LogP contribution < -0.4 is 14.5 Å². The molecule has 6 nitrogen and oxygen atoms in total. The predicted molar refractivity (Wildman–Crippen MR) is 123 cm³/mol. The van der Waals surface area contributed by atoms with Gasteiger partial charge in [-0.1, -0.05) is 30.3 Å². The summed E-state index contributed by atoms with van der Waals surface area (Å²) in [6, 6.07) is 18.9. The van der Waals surface area contributed by atoms with Crippen LogP contribution in [-0.4, -0.2) is 76.3 Å². The number of piperidine rings is 1. The van der Waals surface area contributed by atoms with E-state index in [1.54, 1.807) is 7.11 Å². The third kappa shape index (κ3) is 4.52. The molecule has 166 valence electrons. The summed E-state index contributed by atoms with van der Waals surface area (Å²) in [4.78, 5) is 7.36. The van der Waals surface area contributed by atoms with E-state index in [-0.39, 0.29) is 11.9 Å². The Labute approximate surface area is 185 Å². The molecule has 1 unspecified atom stereocenters. The van der Waals surface area contributed by atoms with Crippen LogP contribution in [0.15, 0.2) is 54.6 Å². The van der Waals surface area contributed by atoms with Gasteiger partial charge in [0.2, 0.25) is 0 Å². The third-order valence-electron chi connectivity index (χ3n) is 6.82. The molecule has 6 heteroatoms. The number of methoxy groups -OCH3 is 1. The second-order valence-electron chi connectivity index (χ2n) is 8.74. The molecule has 0 radical (unpaired) electrons. The van der Waals surface area contributed by atoms with Crippen LogP contribution in [-0.2, 0) is 9.47 Å². The van der Waals surface area contributed by atoms with E-state index >= 15 is 0 Å². The molecule has 2 aromatic rings. The maximum atomic E-state index is 6.50. The van der Waals surface area contributed by atoms with E-state index < -0.39 is 0 Å². The minimum Gasteiger partial charge on any atom is -0.495 e. The fourth-order valence-corrected chi connectivity index (χ4v) is 5.06. The lowest BCUT2D eigenvalue weighted by atomic mass is 10.0. The van der Waals surface area contributed by atoms with Crippen LogP contribution in [0, 0.1) is 0 Å². The lowest BCUT2D eigenvalue weighted by Gasteiger charge is -2.40. The molecule has 0 bridgehead atoms. The van der Waals surface area contributed by atoms with Crippen molar-refractivity contribution < 1.29 is 14.2 Å². The van der Waals surface area contributed by atoms with Gasteiger partial charge < -0.3 is 24.0 Å². The van der Waals surface area contributed by atoms with E-state index in [2.05, 4.69) is 57.2 Å². The van der Waals surface area contributed by atoms with E-state index in [1.807, 2.05) is 12.1 Å². The zero-order chi connectivity index (χ0) is 21.1. The van der Waals surface area contributed by atoms with Gasteiger partial charge in [0, 0.05) is 64.3 Å². The van der Waals surface area contributed by atoms with Crippen molar-refractivity contribution in [3.63, 3.8) is 0 Å². The fraction of sp³-hybridized carbons (Fsp3) is 0.520. The van der Waals surface area contributed by atoms with Gasteiger partial charge >= 0.3 is 0 Å². The number of para-hydroxylation sites is 3. The van der Waals surface area contributed by atoms with Crippen molar-refractivity contribution in [1.29, 1.82) is 0 Å². The number of nitrogens with zero attached hydrogens (tertiary/aromatic N) is 3. The van der Waals surface area contributed by atoms with Gasteiger partial charge in [-0.05, 0) is 24.3 Å². The van der Waals surface area contributed by atoms with Crippen molar-refractivity contribution in [1.82, 2.24) is 4.90 Å². The monoisotopic (exact) mass is 423 g/mol. The third-order valence-corrected chi connectivity index (χ3v) is 6.82. The zero-order valence-electron chi connectivity index (χ0n) is 18.4. The summed E-state index contributed by atoms with van der Waals surface area (Å²) in [7, 11) is 1.74. The molecule has 5 rings (SSSR count). The van der Waals surface area contributed by atoms with Gasteiger partial charge in [0.25, 0.3) is 0 Å². The van der Waals surface area contributed by atoms with Gasteiger partial charge in [-0.2, -0.15) is 0 Å². The Morgan fingerprint density at radius 1 is 0.871 bits per heavy atom. The molecule has 0 N–H and O–H groups in total. The van der Waals surface area contributed by atoms with Crippen LogP contribution in [0.25, 0.3) is 0 Å². The van der Waals surface area contributed by atoms with Crippen LogP contribution in [0.3, 0.4) is 0 Å². The summed E-state index contributed by atoms with van der Waals surface area (Å²) in [6.45, 7) is 7.69. The lowest BCUT2D eigenvalue weighted by Crippen LogP contribution is -2.49. The Balaban J connectivity index is 1.10. The van der Waals surface area contributed by atoms with Crippen molar-refractivity contribution in [3.8, 4) is 5.75 Å². The number of ether oxygens (including phenoxy) is 3. The predicted octanol–water partition coefficient (Wildman–Crippen LogP) is 3.23. The molecule has 3 aliphatic rings. The average Bonchev–Trinajstić information content (AvgIpc) is 3.22. The molecule has 1 atom stereocenters. The lowest BCUT2D eigenvalue weighted by molar-refractivity contribution is -0.181. The molecule has 0 aromatic heterocycles. The quantitative estimate of drug-likeness (QED) is 0.735. The van der Waals surface area contributed by atoms with E-state index in [4.69, 9.17) is 14.2 Å². The van der Waals surface area contributed by atoms with Crippen LogP contribution in [0.5, 0.6) is 5.75 Å². The molecule has 3 aliphatic heterocycles. The van der Waals surface area contributed by atoms with E-state index in [1.165, 1.54) is 11.4 Å². The molecule has 3 fully saturated rings. The minimum atomic E-state index is -0.380. The highest BCUT2D eigenvalue weighted by Gasteiger charge is 2.44. The Hall–Kier alpha value is -2.28. The fourth-order valence-electron chi connectivity index (χ4n) is 5.06. The molecule has 3 heterocycles. The molecule has 0 saturated carbocycles. The highest BCUT2D eigenvalue weighted by molar-refractivity contribution is 5.58. The van der Waals surface area contributed by atoms with Gasteiger partial charge in [0.15, 0.2) is 5.79 Å². The van der Waals surface area contributed by atoms with Crippen molar-refractivity contribution >= 4 is 11.4 Å². The van der Waals surface area contributed by atoms with Crippen LogP contribution in [0.2, 0.25) is 0 Å². The van der Waals surface area contributed by atoms with Gasteiger partial charge in [0.05, 0.1) is 25.5 Å². The van der Waals surface area contributed by atoms with Gasteiger partial charge in [0.1, 0.15) is 5.75 Å². The molecule has 0 aliphatic carbocycles. The molecular weight excluding hydrogens is 390 g/mol. The molecule has 3 saturated heterocycles. The van der Waals surface area contributed by atoms with E-state index in [9.17, 15) is 0 Å². The largest absolute Gasteiger partial charge is 0.495 e. The first-order valence-electron chi connectivity index (χ1n) is 11.5. The van der Waals surface area contributed by atoms with Crippen molar-refractivity contribution in [3.05, 3.63) is 54.6 Å². The highest BCUT2D eigenvalue weighted by Crippen LogP contribution is 2.36. The Bertz CT molecular complexity index is 846. The summed E-state index contributed by atoms with van der Waals surface area (Å²) >= 11 is 0. The SMILES string of the molecule is COc1ccccc1N1CCN(CC2COC3(CCN(c4ccccc4)CC3)O2)CC1. The first kappa shape index (κ1) is 20.6. The number of benzene rings is 2. The molecule has 1 spiro atoms. The number of rotatable bonds is 5. The first-order chi connectivity index (χ1) is 15.2. The number of hydrogen-bond donors (Lipinski definition) is 0. The van der Waals surface area contributed by atoms with Crippen LogP contribution in [0.1, 0.15) is 12.8 Å². The van der Waals surface area contributed by atoms with Gasteiger partial charge in [-0.3, -0.25) is 4.90 Å². The van der Waals surface area contributed by atoms with Gasteiger partial charge in [-0.15, -0.1) is 0 Å². The average molecular weight is 424 g/mol. The first-order valence-corrected chi connectivity index (χ1v) is 11.5. The Kier molecular flexibility index (Phi) is 6.03. The van der Waals surface area contributed by atoms with Crippen molar-refractivity contribution in [2.75, 3.05) is 69.3 Å². The standard InChI is InChI=1S/C25H33N3O3/c1-29-24-10-6-5-9-23(24)28-17-15-26(16-18-28)19-22-20-30-25(31-22)11-13-27(14-12-25)21-7-3-2-4-8-21/h2-10,22H,11-20H2,1H3. The Morgan fingerprint density at radius 3 is 2.32 bits per heavy atom.